The van der Waals surface area contributed by atoms with E-state index >= 15 is 0 Å². The molecule has 0 saturated carbocycles. The number of morpholine rings is 1. The van der Waals surface area contributed by atoms with Crippen LogP contribution in [0.25, 0.3) is 0 Å². The van der Waals surface area contributed by atoms with E-state index in [9.17, 15) is 9.59 Å². The first-order valence-electron chi connectivity index (χ1n) is 7.38. The van der Waals surface area contributed by atoms with Crippen molar-refractivity contribution in [3.8, 4) is 11.5 Å². The average Bonchev–Trinajstić information content (AvgIpc) is 2.52. The highest BCUT2D eigenvalue weighted by Gasteiger charge is 2.26. The molecule has 0 radical (unpaired) electrons. The summed E-state index contributed by atoms with van der Waals surface area (Å²) in [5.41, 5.74) is 1.03. The van der Waals surface area contributed by atoms with Gasteiger partial charge < -0.3 is 24.2 Å². The van der Waals surface area contributed by atoms with Crippen molar-refractivity contribution in [3.63, 3.8) is 0 Å². The second-order valence-corrected chi connectivity index (χ2v) is 5.37. The van der Waals surface area contributed by atoms with Gasteiger partial charge in [-0.15, -0.1) is 0 Å². The number of methoxy groups -OCH3 is 1. The molecular formula is C16H21NO6. The lowest BCUT2D eigenvalue weighted by Crippen LogP contribution is -2.47. The van der Waals surface area contributed by atoms with Crippen LogP contribution in [0.15, 0.2) is 18.2 Å². The molecule has 0 aromatic heterocycles. The number of carboxylic acids is 1. The fourth-order valence-electron chi connectivity index (χ4n) is 2.39. The van der Waals surface area contributed by atoms with Crippen molar-refractivity contribution < 1.29 is 28.9 Å². The van der Waals surface area contributed by atoms with Gasteiger partial charge in [-0.05, 0) is 24.6 Å². The highest BCUT2D eigenvalue weighted by Crippen LogP contribution is 2.27. The first-order chi connectivity index (χ1) is 11.0. The molecule has 0 aliphatic carbocycles. The Morgan fingerprint density at radius 2 is 2.17 bits per heavy atom. The predicted octanol–water partition coefficient (Wildman–Crippen LogP) is 1.08. The van der Waals surface area contributed by atoms with Gasteiger partial charge in [0.25, 0.3) is 5.91 Å². The van der Waals surface area contributed by atoms with E-state index in [4.69, 9.17) is 19.3 Å². The lowest BCUT2D eigenvalue weighted by atomic mass is 10.2. The number of aliphatic carboxylic acids is 1. The SMILES string of the molecule is COc1cc(C)ccc1OCC(=O)N1CCO[C@@H](CC(=O)O)C1. The van der Waals surface area contributed by atoms with Crippen LogP contribution in [-0.4, -0.2) is 61.4 Å². The van der Waals surface area contributed by atoms with Crippen LogP contribution in [0.1, 0.15) is 12.0 Å². The molecular weight excluding hydrogens is 302 g/mol. The smallest absolute Gasteiger partial charge is 0.306 e. The van der Waals surface area contributed by atoms with Crippen molar-refractivity contribution >= 4 is 11.9 Å². The Morgan fingerprint density at radius 3 is 2.87 bits per heavy atom. The molecule has 1 N–H and O–H groups in total. The molecule has 23 heavy (non-hydrogen) atoms. The van der Waals surface area contributed by atoms with Gasteiger partial charge >= 0.3 is 5.97 Å². The minimum absolute atomic E-state index is 0.115. The first-order valence-corrected chi connectivity index (χ1v) is 7.38. The monoisotopic (exact) mass is 323 g/mol. The third-order valence-corrected chi connectivity index (χ3v) is 3.56. The minimum Gasteiger partial charge on any atom is -0.493 e. The molecule has 2 rings (SSSR count). The van der Waals surface area contributed by atoms with Gasteiger partial charge in [-0.2, -0.15) is 0 Å². The number of ether oxygens (including phenoxy) is 3. The molecule has 126 valence electrons. The summed E-state index contributed by atoms with van der Waals surface area (Å²) in [4.78, 5) is 24.5. The van der Waals surface area contributed by atoms with Crippen molar-refractivity contribution in [1.82, 2.24) is 4.90 Å². The molecule has 0 unspecified atom stereocenters. The molecule has 7 heteroatoms. The molecule has 1 aromatic carbocycles. The van der Waals surface area contributed by atoms with Crippen LogP contribution in [0.5, 0.6) is 11.5 Å². The van der Waals surface area contributed by atoms with Gasteiger partial charge in [-0.1, -0.05) is 6.07 Å². The summed E-state index contributed by atoms with van der Waals surface area (Å²) in [7, 11) is 1.54. The van der Waals surface area contributed by atoms with Crippen LogP contribution in [0, 0.1) is 6.92 Å². The molecule has 1 aliphatic heterocycles. The van der Waals surface area contributed by atoms with Crippen LogP contribution in [0.2, 0.25) is 0 Å². The van der Waals surface area contributed by atoms with E-state index in [-0.39, 0.29) is 25.5 Å². The maximum Gasteiger partial charge on any atom is 0.306 e. The van der Waals surface area contributed by atoms with Gasteiger partial charge in [0.05, 0.1) is 26.2 Å². The molecule has 1 heterocycles. The van der Waals surface area contributed by atoms with Crippen LogP contribution in [-0.2, 0) is 14.3 Å². The van der Waals surface area contributed by atoms with Gasteiger partial charge in [0.15, 0.2) is 18.1 Å². The Kier molecular flexibility index (Phi) is 5.81. The minimum atomic E-state index is -0.940. The molecule has 1 amide bonds. The zero-order valence-corrected chi connectivity index (χ0v) is 13.3. The molecule has 0 spiro atoms. The molecule has 1 aromatic rings. The summed E-state index contributed by atoms with van der Waals surface area (Å²) in [6.45, 7) is 2.84. The Bertz CT molecular complexity index is 574. The summed E-state index contributed by atoms with van der Waals surface area (Å²) >= 11 is 0. The van der Waals surface area contributed by atoms with E-state index in [1.165, 1.54) is 0 Å². The maximum atomic E-state index is 12.2. The van der Waals surface area contributed by atoms with Crippen molar-refractivity contribution in [1.29, 1.82) is 0 Å². The van der Waals surface area contributed by atoms with Crippen LogP contribution >= 0.6 is 0 Å². The lowest BCUT2D eigenvalue weighted by Gasteiger charge is -2.32. The zero-order chi connectivity index (χ0) is 16.8. The number of rotatable bonds is 6. The first kappa shape index (κ1) is 17.1. The number of benzene rings is 1. The number of carbonyl (C=O) groups excluding carboxylic acids is 1. The fourth-order valence-corrected chi connectivity index (χ4v) is 2.39. The molecule has 1 atom stereocenters. The summed E-state index contributed by atoms with van der Waals surface area (Å²) in [5.74, 6) is -0.0680. The molecule has 1 fully saturated rings. The number of amides is 1. The number of nitrogens with zero attached hydrogens (tertiary/aromatic N) is 1. The summed E-state index contributed by atoms with van der Waals surface area (Å²) < 4.78 is 16.1. The van der Waals surface area contributed by atoms with Crippen molar-refractivity contribution in [2.45, 2.75) is 19.4 Å². The van der Waals surface area contributed by atoms with Crippen LogP contribution in [0.3, 0.4) is 0 Å². The van der Waals surface area contributed by atoms with Crippen LogP contribution < -0.4 is 9.47 Å². The highest BCUT2D eigenvalue weighted by atomic mass is 16.5. The fraction of sp³-hybridized carbons (Fsp3) is 0.500. The second-order valence-electron chi connectivity index (χ2n) is 5.37. The van der Waals surface area contributed by atoms with E-state index in [1.54, 1.807) is 18.1 Å². The summed E-state index contributed by atoms with van der Waals surface area (Å²) in [5, 5.41) is 8.80. The topological polar surface area (TPSA) is 85.3 Å². The van der Waals surface area contributed by atoms with Gasteiger partial charge in [0.2, 0.25) is 0 Å². The van der Waals surface area contributed by atoms with E-state index in [1.807, 2.05) is 19.1 Å². The number of hydrogen-bond donors (Lipinski definition) is 1. The third kappa shape index (κ3) is 4.85. The maximum absolute atomic E-state index is 12.2. The Morgan fingerprint density at radius 1 is 1.39 bits per heavy atom. The summed E-state index contributed by atoms with van der Waals surface area (Å²) in [6.07, 6.45) is -0.588. The van der Waals surface area contributed by atoms with E-state index in [0.29, 0.717) is 24.7 Å². The van der Waals surface area contributed by atoms with Crippen LogP contribution in [0.4, 0.5) is 0 Å². The molecule has 7 nitrogen and oxygen atoms in total. The number of carboxylic acid groups (broad SMARTS) is 1. The third-order valence-electron chi connectivity index (χ3n) is 3.56. The van der Waals surface area contributed by atoms with Crippen molar-refractivity contribution in [3.05, 3.63) is 23.8 Å². The normalized spacial score (nSPS) is 17.7. The van der Waals surface area contributed by atoms with Gasteiger partial charge in [0.1, 0.15) is 0 Å². The Hall–Kier alpha value is -2.28. The van der Waals surface area contributed by atoms with Gasteiger partial charge in [-0.3, -0.25) is 9.59 Å². The number of carbonyl (C=O) groups is 2. The summed E-state index contributed by atoms with van der Waals surface area (Å²) in [6, 6.07) is 5.46. The van der Waals surface area contributed by atoms with Crippen molar-refractivity contribution in [2.75, 3.05) is 33.4 Å². The second kappa shape index (κ2) is 7.82. The molecule has 1 saturated heterocycles. The zero-order valence-electron chi connectivity index (χ0n) is 13.3. The number of hydrogen-bond acceptors (Lipinski definition) is 5. The molecule has 1 aliphatic rings. The Labute approximate surface area is 134 Å². The number of aryl methyl sites for hydroxylation is 1. The lowest BCUT2D eigenvalue weighted by molar-refractivity contribution is -0.148. The largest absolute Gasteiger partial charge is 0.493 e. The average molecular weight is 323 g/mol. The van der Waals surface area contributed by atoms with Crippen molar-refractivity contribution in [2.24, 2.45) is 0 Å². The predicted molar refractivity (Wildman–Crippen MR) is 81.8 cm³/mol. The van der Waals surface area contributed by atoms with Gasteiger partial charge in [0, 0.05) is 13.1 Å². The molecule has 0 bridgehead atoms. The Balaban J connectivity index is 1.90. The van der Waals surface area contributed by atoms with E-state index < -0.39 is 12.1 Å². The van der Waals surface area contributed by atoms with E-state index in [0.717, 1.165) is 5.56 Å². The van der Waals surface area contributed by atoms with Gasteiger partial charge in [-0.25, -0.2) is 0 Å². The quantitative estimate of drug-likeness (QED) is 0.843. The highest BCUT2D eigenvalue weighted by molar-refractivity contribution is 5.78. The van der Waals surface area contributed by atoms with E-state index in [2.05, 4.69) is 0 Å². The standard InChI is InChI=1S/C16H21NO6/c1-11-3-4-13(14(7-11)21-2)23-10-15(18)17-5-6-22-12(9-17)8-16(19)20/h3-4,7,12H,5-6,8-10H2,1-2H3,(H,19,20)/t12-/m0/s1.